The zero-order chi connectivity index (χ0) is 21.4. The SMILES string of the molecule is Nc1c(C(=O)NCc2ccc(Cl)cc2)c2nc3ccccc3nc2n1C1CCCCC1. The molecule has 0 aliphatic heterocycles. The van der Waals surface area contributed by atoms with Crippen molar-refractivity contribution in [2.24, 2.45) is 0 Å². The Morgan fingerprint density at radius 2 is 1.71 bits per heavy atom. The van der Waals surface area contributed by atoms with Crippen LogP contribution in [0.5, 0.6) is 0 Å². The van der Waals surface area contributed by atoms with E-state index in [0.29, 0.717) is 34.1 Å². The highest BCUT2D eigenvalue weighted by Gasteiger charge is 2.28. The fourth-order valence-electron chi connectivity index (χ4n) is 4.49. The first-order valence-corrected chi connectivity index (χ1v) is 11.1. The molecular weight excluding hydrogens is 410 g/mol. The number of nitrogen functional groups attached to an aromatic ring is 1. The van der Waals surface area contributed by atoms with E-state index in [1.165, 1.54) is 6.42 Å². The fraction of sp³-hybridized carbons (Fsp3) is 0.292. The lowest BCUT2D eigenvalue weighted by atomic mass is 9.95. The van der Waals surface area contributed by atoms with Crippen molar-refractivity contribution in [3.63, 3.8) is 0 Å². The molecule has 0 saturated heterocycles. The van der Waals surface area contributed by atoms with E-state index in [0.717, 1.165) is 42.3 Å². The molecule has 1 amide bonds. The molecule has 2 aromatic heterocycles. The van der Waals surface area contributed by atoms with Crippen molar-refractivity contribution in [2.75, 3.05) is 5.73 Å². The molecule has 0 bridgehead atoms. The topological polar surface area (TPSA) is 85.8 Å². The largest absolute Gasteiger partial charge is 0.384 e. The molecule has 2 heterocycles. The smallest absolute Gasteiger partial charge is 0.257 e. The zero-order valence-electron chi connectivity index (χ0n) is 17.1. The van der Waals surface area contributed by atoms with E-state index in [9.17, 15) is 4.79 Å². The monoisotopic (exact) mass is 433 g/mol. The number of anilines is 1. The van der Waals surface area contributed by atoms with Crippen LogP contribution in [0.3, 0.4) is 0 Å². The van der Waals surface area contributed by atoms with E-state index in [2.05, 4.69) is 5.32 Å². The normalized spacial score (nSPS) is 14.9. The summed E-state index contributed by atoms with van der Waals surface area (Å²) in [5.74, 6) is 0.211. The average Bonchev–Trinajstić information content (AvgIpc) is 3.08. The highest BCUT2D eigenvalue weighted by atomic mass is 35.5. The summed E-state index contributed by atoms with van der Waals surface area (Å²) >= 11 is 5.96. The number of carbonyl (C=O) groups is 1. The predicted molar refractivity (Wildman–Crippen MR) is 124 cm³/mol. The molecular formula is C24H24ClN5O. The Morgan fingerprint density at radius 3 is 2.42 bits per heavy atom. The third kappa shape index (κ3) is 3.72. The molecule has 1 aliphatic rings. The molecule has 0 unspecified atom stereocenters. The molecule has 0 atom stereocenters. The van der Waals surface area contributed by atoms with Crippen LogP contribution >= 0.6 is 11.6 Å². The van der Waals surface area contributed by atoms with Crippen molar-refractivity contribution in [1.29, 1.82) is 0 Å². The number of para-hydroxylation sites is 2. The van der Waals surface area contributed by atoms with Gasteiger partial charge in [0.15, 0.2) is 5.65 Å². The van der Waals surface area contributed by atoms with Crippen LogP contribution in [0.25, 0.3) is 22.2 Å². The first-order valence-electron chi connectivity index (χ1n) is 10.7. The van der Waals surface area contributed by atoms with E-state index >= 15 is 0 Å². The molecule has 2 aromatic carbocycles. The maximum absolute atomic E-state index is 13.3. The number of hydrogen-bond donors (Lipinski definition) is 2. The van der Waals surface area contributed by atoms with Gasteiger partial charge in [0, 0.05) is 17.6 Å². The summed E-state index contributed by atoms with van der Waals surface area (Å²) < 4.78 is 2.05. The number of fused-ring (bicyclic) bond motifs is 2. The number of nitrogens with zero attached hydrogens (tertiary/aromatic N) is 3. The molecule has 5 rings (SSSR count). The number of nitrogens with one attached hydrogen (secondary N) is 1. The van der Waals surface area contributed by atoms with E-state index in [1.54, 1.807) is 0 Å². The number of aromatic nitrogens is 3. The summed E-state index contributed by atoms with van der Waals surface area (Å²) in [5.41, 5.74) is 10.8. The number of hydrogen-bond acceptors (Lipinski definition) is 4. The molecule has 1 fully saturated rings. The van der Waals surface area contributed by atoms with Crippen LogP contribution in [0.4, 0.5) is 5.82 Å². The van der Waals surface area contributed by atoms with Crippen LogP contribution in [-0.2, 0) is 6.54 Å². The summed E-state index contributed by atoms with van der Waals surface area (Å²) in [7, 11) is 0. The standard InChI is InChI=1S/C24H24ClN5O/c25-16-12-10-15(11-13-16)14-27-24(31)20-21-23(29-19-9-5-4-8-18(19)28-21)30(22(20)26)17-6-2-1-3-7-17/h4-5,8-13,17H,1-3,6-7,14,26H2,(H,27,31). The second kappa shape index (κ2) is 8.19. The molecule has 1 aliphatic carbocycles. The van der Waals surface area contributed by atoms with Gasteiger partial charge >= 0.3 is 0 Å². The lowest BCUT2D eigenvalue weighted by molar-refractivity contribution is 0.0953. The van der Waals surface area contributed by atoms with Crippen molar-refractivity contribution in [1.82, 2.24) is 19.9 Å². The van der Waals surface area contributed by atoms with Gasteiger partial charge in [-0.05, 0) is 42.7 Å². The van der Waals surface area contributed by atoms with E-state index in [-0.39, 0.29) is 11.9 Å². The zero-order valence-corrected chi connectivity index (χ0v) is 17.9. The van der Waals surface area contributed by atoms with Crippen molar-refractivity contribution in [3.8, 4) is 0 Å². The Kier molecular flexibility index (Phi) is 5.24. The van der Waals surface area contributed by atoms with Crippen LogP contribution in [-0.4, -0.2) is 20.4 Å². The second-order valence-corrected chi connectivity index (χ2v) is 8.55. The highest BCUT2D eigenvalue weighted by Crippen LogP contribution is 2.37. The molecule has 0 spiro atoms. The molecule has 1 saturated carbocycles. The van der Waals surface area contributed by atoms with Gasteiger partial charge in [0.1, 0.15) is 16.9 Å². The van der Waals surface area contributed by atoms with E-state index in [4.69, 9.17) is 27.3 Å². The van der Waals surface area contributed by atoms with Crippen LogP contribution in [0.2, 0.25) is 5.02 Å². The van der Waals surface area contributed by atoms with Gasteiger partial charge in [-0.3, -0.25) is 4.79 Å². The van der Waals surface area contributed by atoms with Gasteiger partial charge in [0.25, 0.3) is 5.91 Å². The van der Waals surface area contributed by atoms with Crippen molar-refractivity contribution < 1.29 is 4.79 Å². The molecule has 31 heavy (non-hydrogen) atoms. The van der Waals surface area contributed by atoms with Crippen molar-refractivity contribution >= 4 is 45.5 Å². The van der Waals surface area contributed by atoms with Gasteiger partial charge < -0.3 is 15.6 Å². The van der Waals surface area contributed by atoms with Crippen LogP contribution < -0.4 is 11.1 Å². The number of carbonyl (C=O) groups excluding carboxylic acids is 1. The first kappa shape index (κ1) is 19.8. The number of nitrogens with two attached hydrogens (primary N) is 1. The fourth-order valence-corrected chi connectivity index (χ4v) is 4.61. The summed E-state index contributed by atoms with van der Waals surface area (Å²) in [5, 5.41) is 3.65. The molecule has 0 radical (unpaired) electrons. The minimum atomic E-state index is -0.239. The minimum absolute atomic E-state index is 0.239. The molecule has 4 aromatic rings. The summed E-state index contributed by atoms with van der Waals surface area (Å²) in [4.78, 5) is 22.9. The van der Waals surface area contributed by atoms with Crippen LogP contribution in [0.15, 0.2) is 48.5 Å². The molecule has 7 heteroatoms. The quantitative estimate of drug-likeness (QED) is 0.460. The Hall–Kier alpha value is -3.12. The van der Waals surface area contributed by atoms with Gasteiger partial charge in [0.05, 0.1) is 11.0 Å². The van der Waals surface area contributed by atoms with Crippen molar-refractivity contribution in [3.05, 3.63) is 64.7 Å². The Morgan fingerprint density at radius 1 is 1.03 bits per heavy atom. The molecule has 158 valence electrons. The number of rotatable bonds is 4. The van der Waals surface area contributed by atoms with Gasteiger partial charge in [-0.25, -0.2) is 9.97 Å². The number of halogens is 1. The third-order valence-corrected chi connectivity index (χ3v) is 6.32. The Balaban J connectivity index is 1.58. The third-order valence-electron chi connectivity index (χ3n) is 6.07. The average molecular weight is 434 g/mol. The van der Waals surface area contributed by atoms with Crippen molar-refractivity contribution in [2.45, 2.75) is 44.7 Å². The number of benzene rings is 2. The lowest BCUT2D eigenvalue weighted by Crippen LogP contribution is -2.24. The van der Waals surface area contributed by atoms with E-state index in [1.807, 2.05) is 53.1 Å². The summed E-state index contributed by atoms with van der Waals surface area (Å²) in [6.45, 7) is 0.382. The first-order chi connectivity index (χ1) is 15.1. The minimum Gasteiger partial charge on any atom is -0.384 e. The lowest BCUT2D eigenvalue weighted by Gasteiger charge is -2.25. The predicted octanol–water partition coefficient (Wildman–Crippen LogP) is 5.26. The Labute approximate surface area is 185 Å². The Bertz CT molecular complexity index is 1260. The second-order valence-electron chi connectivity index (χ2n) is 8.12. The van der Waals surface area contributed by atoms with Gasteiger partial charge in [-0.2, -0.15) is 0 Å². The van der Waals surface area contributed by atoms with Gasteiger partial charge in [-0.15, -0.1) is 0 Å². The van der Waals surface area contributed by atoms with Gasteiger partial charge in [0.2, 0.25) is 0 Å². The summed E-state index contributed by atoms with van der Waals surface area (Å²) in [6, 6.07) is 15.4. The van der Waals surface area contributed by atoms with Crippen LogP contribution in [0.1, 0.15) is 54.1 Å². The van der Waals surface area contributed by atoms with Gasteiger partial charge in [-0.1, -0.05) is 55.1 Å². The maximum Gasteiger partial charge on any atom is 0.257 e. The number of amides is 1. The maximum atomic E-state index is 13.3. The summed E-state index contributed by atoms with van der Waals surface area (Å²) in [6.07, 6.45) is 5.62. The van der Waals surface area contributed by atoms with E-state index < -0.39 is 0 Å². The van der Waals surface area contributed by atoms with Crippen LogP contribution in [0, 0.1) is 0 Å². The highest BCUT2D eigenvalue weighted by molar-refractivity contribution is 6.30. The molecule has 3 N–H and O–H groups in total. The molecule has 6 nitrogen and oxygen atoms in total.